The van der Waals surface area contributed by atoms with Crippen molar-refractivity contribution in [2.45, 2.75) is 59.3 Å². The maximum atomic E-state index is 12.1. The third-order valence-electron chi connectivity index (χ3n) is 4.66. The molecule has 156 valence electrons. The highest BCUT2D eigenvalue weighted by Gasteiger charge is 2.26. The number of aromatic hydroxyl groups is 1. The molecular weight excluding hydrogens is 362 g/mol. The van der Waals surface area contributed by atoms with E-state index in [1.807, 2.05) is 43.3 Å². The van der Waals surface area contributed by atoms with E-state index in [0.29, 0.717) is 5.75 Å². The molecule has 0 saturated heterocycles. The number of benzene rings is 2. The number of phenols is 1. The van der Waals surface area contributed by atoms with Crippen molar-refractivity contribution in [3.8, 4) is 5.75 Å². The van der Waals surface area contributed by atoms with Gasteiger partial charge in [-0.05, 0) is 47.6 Å². The van der Waals surface area contributed by atoms with Crippen molar-refractivity contribution in [1.29, 1.82) is 0 Å². The number of phenolic OH excluding ortho intramolecular Hbond substituents is 1. The molecule has 0 radical (unpaired) electrons. The smallest absolute Gasteiger partial charge is 0.259 e. The van der Waals surface area contributed by atoms with Crippen LogP contribution in [0.1, 0.15) is 63.8 Å². The highest BCUT2D eigenvalue weighted by atomic mass is 16.3. The summed E-state index contributed by atoms with van der Waals surface area (Å²) < 4.78 is 0. The van der Waals surface area contributed by atoms with Crippen LogP contribution in [-0.2, 0) is 15.6 Å². The van der Waals surface area contributed by atoms with Crippen molar-refractivity contribution < 1.29 is 9.90 Å². The van der Waals surface area contributed by atoms with Crippen LogP contribution in [0.25, 0.3) is 0 Å². The molecule has 0 saturated carbocycles. The van der Waals surface area contributed by atoms with E-state index in [-0.39, 0.29) is 23.3 Å². The van der Waals surface area contributed by atoms with Gasteiger partial charge in [-0.15, -0.1) is 0 Å². The van der Waals surface area contributed by atoms with Crippen LogP contribution in [-0.4, -0.2) is 23.8 Å². The van der Waals surface area contributed by atoms with Gasteiger partial charge in [0.15, 0.2) is 0 Å². The summed E-state index contributed by atoms with van der Waals surface area (Å²) >= 11 is 0. The van der Waals surface area contributed by atoms with Gasteiger partial charge >= 0.3 is 0 Å². The minimum Gasteiger partial charge on any atom is -0.507 e. The molecule has 3 N–H and O–H groups in total. The molecule has 0 spiro atoms. The van der Waals surface area contributed by atoms with Gasteiger partial charge in [0, 0.05) is 16.8 Å². The van der Waals surface area contributed by atoms with E-state index in [0.717, 1.165) is 22.4 Å². The summed E-state index contributed by atoms with van der Waals surface area (Å²) in [6.45, 7) is 14.5. The van der Waals surface area contributed by atoms with Crippen molar-refractivity contribution in [3.05, 3.63) is 58.7 Å². The number of carbonyl (C=O) groups is 1. The molecule has 5 nitrogen and oxygen atoms in total. The Kier molecular flexibility index (Phi) is 6.73. The number of aryl methyl sites for hydroxylation is 1. The first-order chi connectivity index (χ1) is 13.4. The molecule has 0 unspecified atom stereocenters. The van der Waals surface area contributed by atoms with Gasteiger partial charge < -0.3 is 10.4 Å². The van der Waals surface area contributed by atoms with E-state index in [2.05, 4.69) is 57.4 Å². The fourth-order valence-corrected chi connectivity index (χ4v) is 2.95. The first kappa shape index (κ1) is 22.5. The lowest BCUT2D eigenvalue weighted by Gasteiger charge is -2.27. The Morgan fingerprint density at radius 2 is 1.52 bits per heavy atom. The second-order valence-corrected chi connectivity index (χ2v) is 9.48. The molecule has 0 aliphatic rings. The van der Waals surface area contributed by atoms with E-state index >= 15 is 0 Å². The minimum absolute atomic E-state index is 0.135. The summed E-state index contributed by atoms with van der Waals surface area (Å²) in [6.07, 6.45) is 1.62. The van der Waals surface area contributed by atoms with Crippen molar-refractivity contribution in [1.82, 2.24) is 5.43 Å². The molecule has 0 heterocycles. The summed E-state index contributed by atoms with van der Waals surface area (Å²) in [5.74, 6) is 0.0983. The van der Waals surface area contributed by atoms with Crippen molar-refractivity contribution in [2.75, 3.05) is 11.9 Å². The second-order valence-electron chi connectivity index (χ2n) is 9.48. The van der Waals surface area contributed by atoms with Crippen LogP contribution in [0.15, 0.2) is 41.5 Å². The number of rotatable bonds is 5. The summed E-state index contributed by atoms with van der Waals surface area (Å²) in [6, 6.07) is 11.7. The van der Waals surface area contributed by atoms with Gasteiger partial charge in [0.25, 0.3) is 5.91 Å². The van der Waals surface area contributed by atoms with Crippen LogP contribution in [0, 0.1) is 6.92 Å². The average Bonchev–Trinajstić information content (AvgIpc) is 2.60. The minimum atomic E-state index is -0.229. The number of amides is 1. The monoisotopic (exact) mass is 395 g/mol. The van der Waals surface area contributed by atoms with Gasteiger partial charge in [-0.2, -0.15) is 5.10 Å². The highest BCUT2D eigenvalue weighted by molar-refractivity contribution is 5.85. The number of hydrazone groups is 1. The van der Waals surface area contributed by atoms with Gasteiger partial charge in [-0.1, -0.05) is 59.2 Å². The predicted octanol–water partition coefficient (Wildman–Crippen LogP) is 4.86. The summed E-state index contributed by atoms with van der Waals surface area (Å²) in [4.78, 5) is 12.1. The quantitative estimate of drug-likeness (QED) is 0.500. The Hall–Kier alpha value is -2.82. The molecule has 2 aromatic carbocycles. The van der Waals surface area contributed by atoms with Gasteiger partial charge in [0.1, 0.15) is 5.75 Å². The van der Waals surface area contributed by atoms with E-state index in [9.17, 15) is 9.90 Å². The maximum Gasteiger partial charge on any atom is 0.259 e. The average molecular weight is 396 g/mol. The SMILES string of the molecule is Cc1ccc(NCC(=O)N/N=C/c2cc(C(C)(C)C)c(O)c(C(C)(C)C)c2)cc1. The zero-order valence-electron chi connectivity index (χ0n) is 18.6. The molecule has 1 amide bonds. The first-order valence-electron chi connectivity index (χ1n) is 9.88. The maximum absolute atomic E-state index is 12.1. The van der Waals surface area contributed by atoms with Crippen LogP contribution in [0.2, 0.25) is 0 Å². The lowest BCUT2D eigenvalue weighted by atomic mass is 9.78. The fraction of sp³-hybridized carbons (Fsp3) is 0.417. The Bertz CT molecular complexity index is 851. The number of hydrogen-bond acceptors (Lipinski definition) is 4. The molecule has 0 aliphatic carbocycles. The Balaban J connectivity index is 2.11. The van der Waals surface area contributed by atoms with E-state index in [1.165, 1.54) is 5.56 Å². The summed E-state index contributed by atoms with van der Waals surface area (Å²) in [7, 11) is 0. The molecule has 0 aliphatic heterocycles. The molecule has 0 bridgehead atoms. The van der Waals surface area contributed by atoms with Crippen LogP contribution in [0.3, 0.4) is 0 Å². The first-order valence-corrected chi connectivity index (χ1v) is 9.88. The van der Waals surface area contributed by atoms with Crippen LogP contribution >= 0.6 is 0 Å². The van der Waals surface area contributed by atoms with Gasteiger partial charge in [0.2, 0.25) is 0 Å². The largest absolute Gasteiger partial charge is 0.507 e. The standard InChI is InChI=1S/C24H33N3O2/c1-16-8-10-18(11-9-16)25-15-21(28)27-26-14-17-12-19(23(2,3)4)22(29)20(13-17)24(5,6)7/h8-14,25,29H,15H2,1-7H3,(H,27,28)/b26-14+. The number of carbonyl (C=O) groups excluding carboxylic acids is 1. The Labute approximate surface area is 174 Å². The lowest BCUT2D eigenvalue weighted by Crippen LogP contribution is -2.26. The Morgan fingerprint density at radius 3 is 2.00 bits per heavy atom. The molecule has 29 heavy (non-hydrogen) atoms. The molecule has 2 rings (SSSR count). The number of anilines is 1. The van der Waals surface area contributed by atoms with E-state index < -0.39 is 0 Å². The van der Waals surface area contributed by atoms with Crippen molar-refractivity contribution in [3.63, 3.8) is 0 Å². The molecule has 5 heteroatoms. The number of nitrogens with zero attached hydrogens (tertiary/aromatic N) is 1. The Morgan fingerprint density at radius 1 is 1.00 bits per heavy atom. The fourth-order valence-electron chi connectivity index (χ4n) is 2.95. The lowest BCUT2D eigenvalue weighted by molar-refractivity contribution is -0.119. The van der Waals surface area contributed by atoms with Crippen LogP contribution < -0.4 is 10.7 Å². The molecule has 0 atom stereocenters. The number of hydrogen-bond donors (Lipinski definition) is 3. The molecule has 0 fully saturated rings. The van der Waals surface area contributed by atoms with Gasteiger partial charge in [-0.3, -0.25) is 4.79 Å². The van der Waals surface area contributed by atoms with Gasteiger partial charge in [-0.25, -0.2) is 5.43 Å². The molecular formula is C24H33N3O2. The second kappa shape index (κ2) is 8.68. The molecule has 2 aromatic rings. The summed E-state index contributed by atoms with van der Waals surface area (Å²) in [5.41, 5.74) is 6.74. The topological polar surface area (TPSA) is 73.7 Å². The third-order valence-corrected chi connectivity index (χ3v) is 4.66. The third kappa shape index (κ3) is 6.34. The predicted molar refractivity (Wildman–Crippen MR) is 121 cm³/mol. The van der Waals surface area contributed by atoms with E-state index in [4.69, 9.17) is 0 Å². The van der Waals surface area contributed by atoms with Crippen LogP contribution in [0.5, 0.6) is 5.75 Å². The van der Waals surface area contributed by atoms with Crippen molar-refractivity contribution >= 4 is 17.8 Å². The zero-order valence-corrected chi connectivity index (χ0v) is 18.6. The highest BCUT2D eigenvalue weighted by Crippen LogP contribution is 2.39. The zero-order chi connectivity index (χ0) is 21.8. The summed E-state index contributed by atoms with van der Waals surface area (Å²) in [5, 5.41) is 17.9. The normalized spacial score (nSPS) is 12.2. The molecule has 0 aromatic heterocycles. The van der Waals surface area contributed by atoms with Crippen molar-refractivity contribution in [2.24, 2.45) is 5.10 Å². The van der Waals surface area contributed by atoms with E-state index in [1.54, 1.807) is 6.21 Å². The number of nitrogens with one attached hydrogen (secondary N) is 2. The van der Waals surface area contributed by atoms with Crippen LogP contribution in [0.4, 0.5) is 5.69 Å². The van der Waals surface area contributed by atoms with Gasteiger partial charge in [0.05, 0.1) is 12.8 Å².